The molecule has 0 saturated heterocycles. The first-order chi connectivity index (χ1) is 8.96. The second kappa shape index (κ2) is 4.19. The number of rotatable bonds is 1. The van der Waals surface area contributed by atoms with Gasteiger partial charge < -0.3 is 5.43 Å². The minimum atomic E-state index is -0.0595. The van der Waals surface area contributed by atoms with E-state index >= 15 is 0 Å². The van der Waals surface area contributed by atoms with Gasteiger partial charge in [-0.15, -0.1) is 0 Å². The van der Waals surface area contributed by atoms with Gasteiger partial charge in [0, 0.05) is 6.42 Å². The average molecular weight is 256 g/mol. The minimum absolute atomic E-state index is 0.0595. The number of nitrogens with zero attached hydrogens (tertiary/aromatic N) is 1. The third kappa shape index (κ3) is 2.18. The Morgan fingerprint density at radius 1 is 1.26 bits per heavy atom. The summed E-state index contributed by atoms with van der Waals surface area (Å²) in [5.41, 5.74) is 6.48. The molecule has 1 aliphatic carbocycles. The lowest BCUT2D eigenvalue weighted by Crippen LogP contribution is -2.45. The van der Waals surface area contributed by atoms with E-state index in [1.165, 1.54) is 5.56 Å². The van der Waals surface area contributed by atoms with Gasteiger partial charge in [-0.3, -0.25) is 4.79 Å². The lowest BCUT2D eigenvalue weighted by atomic mass is 9.68. The Morgan fingerprint density at radius 2 is 1.95 bits per heavy atom. The largest absolute Gasteiger partial charge is 0.306 e. The van der Waals surface area contributed by atoms with Crippen LogP contribution in [-0.2, 0) is 4.79 Å². The van der Waals surface area contributed by atoms with Gasteiger partial charge in [0.2, 0.25) is 0 Å². The fourth-order valence-electron chi connectivity index (χ4n) is 3.25. The van der Waals surface area contributed by atoms with Gasteiger partial charge in [-0.1, -0.05) is 43.7 Å². The van der Waals surface area contributed by atoms with E-state index in [1.54, 1.807) is 0 Å². The van der Waals surface area contributed by atoms with Gasteiger partial charge in [-0.25, -0.2) is 0 Å². The van der Waals surface area contributed by atoms with Crippen LogP contribution >= 0.6 is 0 Å². The molecule has 1 saturated carbocycles. The molecule has 0 bridgehead atoms. The van der Waals surface area contributed by atoms with E-state index in [1.807, 2.05) is 0 Å². The lowest BCUT2D eigenvalue weighted by molar-refractivity contribution is -0.126. The van der Waals surface area contributed by atoms with Crippen molar-refractivity contribution in [3.8, 4) is 0 Å². The van der Waals surface area contributed by atoms with E-state index in [0.29, 0.717) is 12.2 Å². The Balaban J connectivity index is 1.90. The van der Waals surface area contributed by atoms with E-state index < -0.39 is 0 Å². The van der Waals surface area contributed by atoms with Crippen LogP contribution in [0, 0.1) is 18.3 Å². The molecule has 1 heterocycles. The molecule has 3 rings (SSSR count). The molecule has 0 radical (unpaired) electrons. The van der Waals surface area contributed by atoms with Crippen molar-refractivity contribution in [3.63, 3.8) is 0 Å². The monoisotopic (exact) mass is 256 g/mol. The number of hydrogen-bond acceptors (Lipinski definition) is 3. The lowest BCUT2D eigenvalue weighted by Gasteiger charge is -2.36. The predicted octanol–water partition coefficient (Wildman–Crippen LogP) is 2.68. The summed E-state index contributed by atoms with van der Waals surface area (Å²) in [6, 6.07) is 8.44. The van der Waals surface area contributed by atoms with Crippen molar-refractivity contribution in [1.82, 2.24) is 5.43 Å². The van der Waals surface area contributed by atoms with Crippen molar-refractivity contribution in [2.45, 2.75) is 39.7 Å². The van der Waals surface area contributed by atoms with Crippen LogP contribution in [0.5, 0.6) is 0 Å². The zero-order chi connectivity index (χ0) is 13.6. The minimum Gasteiger partial charge on any atom is -0.306 e. The Labute approximate surface area is 114 Å². The highest BCUT2D eigenvalue weighted by molar-refractivity contribution is 6.15. The molecule has 19 heavy (non-hydrogen) atoms. The molecular formula is C16H20N2O. The number of carbonyl (C=O) groups is 1. The highest BCUT2D eigenvalue weighted by Crippen LogP contribution is 2.39. The van der Waals surface area contributed by atoms with E-state index in [9.17, 15) is 4.79 Å². The van der Waals surface area contributed by atoms with E-state index in [2.05, 4.69) is 55.6 Å². The number of benzene rings is 1. The average Bonchev–Trinajstić information content (AvgIpc) is 2.72. The summed E-state index contributed by atoms with van der Waals surface area (Å²) in [5.74, 6) is 0.265. The van der Waals surface area contributed by atoms with E-state index in [-0.39, 0.29) is 17.4 Å². The maximum absolute atomic E-state index is 12.4. The topological polar surface area (TPSA) is 41.5 Å². The number of hydrazone groups is 1. The van der Waals surface area contributed by atoms with Gasteiger partial charge in [0.05, 0.1) is 17.7 Å². The van der Waals surface area contributed by atoms with E-state index in [0.717, 1.165) is 17.7 Å². The maximum Gasteiger partial charge on any atom is 0.144 e. The highest BCUT2D eigenvalue weighted by atomic mass is 16.1. The Kier molecular flexibility index (Phi) is 2.73. The molecule has 1 N–H and O–H groups in total. The van der Waals surface area contributed by atoms with Crippen molar-refractivity contribution in [3.05, 3.63) is 35.4 Å². The molecule has 3 heteroatoms. The van der Waals surface area contributed by atoms with Gasteiger partial charge >= 0.3 is 0 Å². The summed E-state index contributed by atoms with van der Waals surface area (Å²) in [7, 11) is 0. The van der Waals surface area contributed by atoms with Gasteiger partial charge in [0.1, 0.15) is 5.78 Å². The number of carbonyl (C=O) groups excluding carboxylic acids is 1. The van der Waals surface area contributed by atoms with Crippen LogP contribution in [0.3, 0.4) is 0 Å². The first-order valence-electron chi connectivity index (χ1n) is 6.89. The molecule has 0 spiro atoms. The molecule has 100 valence electrons. The molecule has 2 aliphatic rings. The highest BCUT2D eigenvalue weighted by Gasteiger charge is 2.46. The van der Waals surface area contributed by atoms with Crippen LogP contribution in [0.25, 0.3) is 0 Å². The molecule has 2 unspecified atom stereocenters. The molecule has 1 aliphatic heterocycles. The van der Waals surface area contributed by atoms with Crippen LogP contribution in [0.1, 0.15) is 37.8 Å². The third-order valence-corrected chi connectivity index (χ3v) is 4.17. The van der Waals surface area contributed by atoms with E-state index in [4.69, 9.17) is 0 Å². The molecule has 0 aromatic heterocycles. The fraction of sp³-hybridized carbons (Fsp3) is 0.500. The van der Waals surface area contributed by atoms with Gasteiger partial charge in [0.15, 0.2) is 0 Å². The van der Waals surface area contributed by atoms with Crippen molar-refractivity contribution in [2.75, 3.05) is 0 Å². The number of hydrogen-bond donors (Lipinski definition) is 1. The summed E-state index contributed by atoms with van der Waals surface area (Å²) >= 11 is 0. The van der Waals surface area contributed by atoms with Crippen molar-refractivity contribution >= 4 is 11.5 Å². The molecule has 3 nitrogen and oxygen atoms in total. The SMILES string of the molecule is Cc1ccc(C2=NNC3CC(C)(C)CC(=O)C23)cc1. The number of Topliss-reactive ketones (excluding diaryl/α,β-unsaturated/α-hetero) is 1. The number of nitrogens with one attached hydrogen (secondary N) is 1. The third-order valence-electron chi connectivity index (χ3n) is 4.17. The van der Waals surface area contributed by atoms with Crippen LogP contribution in [0.2, 0.25) is 0 Å². The van der Waals surface area contributed by atoms with Crippen molar-refractivity contribution < 1.29 is 4.79 Å². The molecule has 1 aromatic carbocycles. The maximum atomic E-state index is 12.4. The second-order valence-electron chi connectivity index (χ2n) is 6.59. The Hall–Kier alpha value is -1.64. The first kappa shape index (κ1) is 12.4. The molecule has 1 aromatic rings. The first-order valence-corrected chi connectivity index (χ1v) is 6.89. The molecular weight excluding hydrogens is 236 g/mol. The predicted molar refractivity (Wildman–Crippen MR) is 76.2 cm³/mol. The quantitative estimate of drug-likeness (QED) is 0.839. The summed E-state index contributed by atoms with van der Waals surface area (Å²) in [6.45, 7) is 6.38. The summed E-state index contributed by atoms with van der Waals surface area (Å²) in [6.07, 6.45) is 1.66. The van der Waals surface area contributed by atoms with Crippen LogP contribution in [0.15, 0.2) is 29.4 Å². The number of fused-ring (bicyclic) bond motifs is 1. The standard InChI is InChI=1S/C16H20N2O/c1-10-4-6-11(7-5-10)15-14-12(17-18-15)8-16(2,3)9-13(14)19/h4-7,12,14,17H,8-9H2,1-3H3. The number of aryl methyl sites for hydroxylation is 1. The van der Waals surface area contributed by atoms with Crippen LogP contribution < -0.4 is 5.43 Å². The fourth-order valence-corrected chi connectivity index (χ4v) is 3.25. The second-order valence-corrected chi connectivity index (χ2v) is 6.59. The molecule has 0 amide bonds. The van der Waals surface area contributed by atoms with Crippen LogP contribution in [-0.4, -0.2) is 17.5 Å². The Morgan fingerprint density at radius 3 is 2.63 bits per heavy atom. The molecule has 2 atom stereocenters. The smallest absolute Gasteiger partial charge is 0.144 e. The van der Waals surface area contributed by atoms with Gasteiger partial charge in [-0.05, 0) is 24.3 Å². The van der Waals surface area contributed by atoms with Crippen molar-refractivity contribution in [1.29, 1.82) is 0 Å². The summed E-state index contributed by atoms with van der Waals surface area (Å²) in [5, 5.41) is 4.44. The zero-order valence-corrected chi connectivity index (χ0v) is 11.7. The van der Waals surface area contributed by atoms with Crippen molar-refractivity contribution in [2.24, 2.45) is 16.4 Å². The summed E-state index contributed by atoms with van der Waals surface area (Å²) in [4.78, 5) is 12.4. The Bertz CT molecular complexity index is 542. The number of ketones is 1. The molecule has 1 fully saturated rings. The summed E-state index contributed by atoms with van der Waals surface area (Å²) < 4.78 is 0. The zero-order valence-electron chi connectivity index (χ0n) is 11.7. The van der Waals surface area contributed by atoms with Gasteiger partial charge in [-0.2, -0.15) is 5.10 Å². The normalized spacial score (nSPS) is 28.6. The van der Waals surface area contributed by atoms with Crippen LogP contribution in [0.4, 0.5) is 0 Å². The van der Waals surface area contributed by atoms with Gasteiger partial charge in [0.25, 0.3) is 0 Å².